The Morgan fingerprint density at radius 3 is 2.77 bits per heavy atom. The lowest BCUT2D eigenvalue weighted by Crippen LogP contribution is -2.39. The summed E-state index contributed by atoms with van der Waals surface area (Å²) in [6.45, 7) is 8.38. The van der Waals surface area contributed by atoms with Crippen molar-refractivity contribution in [3.8, 4) is 5.88 Å². The van der Waals surface area contributed by atoms with E-state index in [1.807, 2.05) is 32.9 Å². The van der Waals surface area contributed by atoms with Gasteiger partial charge in [0.15, 0.2) is 0 Å². The predicted molar refractivity (Wildman–Crippen MR) is 85.5 cm³/mol. The molecule has 5 nitrogen and oxygen atoms in total. The molecule has 1 aliphatic rings. The van der Waals surface area contributed by atoms with Crippen molar-refractivity contribution in [2.45, 2.75) is 39.7 Å². The summed E-state index contributed by atoms with van der Waals surface area (Å²) >= 11 is 0. The second-order valence-electron chi connectivity index (χ2n) is 6.61. The normalized spacial score (nSPS) is 18.7. The van der Waals surface area contributed by atoms with Gasteiger partial charge in [-0.25, -0.2) is 9.78 Å². The van der Waals surface area contributed by atoms with Crippen molar-refractivity contribution in [1.29, 1.82) is 0 Å². The minimum Gasteiger partial charge on any atom is -0.481 e. The van der Waals surface area contributed by atoms with Crippen LogP contribution in [-0.4, -0.2) is 35.2 Å². The smallest absolute Gasteiger partial charge is 0.414 e. The molecule has 0 spiro atoms. The van der Waals surface area contributed by atoms with Crippen LogP contribution < -0.4 is 4.74 Å². The molecular formula is C17H24N2O3. The van der Waals surface area contributed by atoms with Crippen LogP contribution in [0.25, 0.3) is 5.70 Å². The highest BCUT2D eigenvalue weighted by Gasteiger charge is 2.29. The van der Waals surface area contributed by atoms with Gasteiger partial charge in [-0.2, -0.15) is 0 Å². The van der Waals surface area contributed by atoms with E-state index in [1.165, 1.54) is 0 Å². The van der Waals surface area contributed by atoms with E-state index in [9.17, 15) is 4.79 Å². The maximum absolute atomic E-state index is 12.5. The quantitative estimate of drug-likeness (QED) is 0.836. The first-order valence-corrected chi connectivity index (χ1v) is 7.51. The maximum atomic E-state index is 12.5. The number of allylic oxidation sites excluding steroid dienone is 1. The summed E-state index contributed by atoms with van der Waals surface area (Å²) in [4.78, 5) is 18.3. The lowest BCUT2D eigenvalue weighted by Gasteiger charge is -2.33. The van der Waals surface area contributed by atoms with Gasteiger partial charge in [-0.05, 0) is 39.2 Å². The lowest BCUT2D eigenvalue weighted by atomic mass is 9.99. The molecule has 120 valence electrons. The summed E-state index contributed by atoms with van der Waals surface area (Å²) < 4.78 is 10.7. The van der Waals surface area contributed by atoms with Gasteiger partial charge >= 0.3 is 6.09 Å². The van der Waals surface area contributed by atoms with Crippen molar-refractivity contribution in [2.75, 3.05) is 13.7 Å². The van der Waals surface area contributed by atoms with Crippen molar-refractivity contribution in [3.05, 3.63) is 30.0 Å². The van der Waals surface area contributed by atoms with Gasteiger partial charge in [0.2, 0.25) is 5.88 Å². The molecule has 1 amide bonds. The largest absolute Gasteiger partial charge is 0.481 e. The Hall–Kier alpha value is -2.04. The molecule has 0 aromatic carbocycles. The fourth-order valence-electron chi connectivity index (χ4n) is 2.35. The van der Waals surface area contributed by atoms with Gasteiger partial charge in [-0.1, -0.05) is 13.0 Å². The number of aromatic nitrogens is 1. The number of amides is 1. The number of carbonyl (C=O) groups excluding carboxylic acids is 1. The Morgan fingerprint density at radius 1 is 1.41 bits per heavy atom. The number of pyridine rings is 1. The highest BCUT2D eigenvalue weighted by atomic mass is 16.6. The van der Waals surface area contributed by atoms with Gasteiger partial charge in [0.05, 0.1) is 12.8 Å². The second kappa shape index (κ2) is 6.38. The monoisotopic (exact) mass is 304 g/mol. The fraction of sp³-hybridized carbons (Fsp3) is 0.529. The molecule has 0 radical (unpaired) electrons. The molecule has 1 aromatic rings. The maximum Gasteiger partial charge on any atom is 0.414 e. The van der Waals surface area contributed by atoms with E-state index in [4.69, 9.17) is 9.47 Å². The highest BCUT2D eigenvalue weighted by Crippen LogP contribution is 2.30. The molecule has 0 fully saturated rings. The molecule has 1 aromatic heterocycles. The Balaban J connectivity index is 2.31. The van der Waals surface area contributed by atoms with Crippen LogP contribution in [0.4, 0.5) is 4.79 Å². The SMILES string of the molecule is COc1cc(C2=CC[C@H](C)CN2C(=O)OC(C)(C)C)ccn1. The van der Waals surface area contributed by atoms with Gasteiger partial charge in [0, 0.05) is 24.4 Å². The Bertz CT molecular complexity index is 576. The summed E-state index contributed by atoms with van der Waals surface area (Å²) in [7, 11) is 1.58. The van der Waals surface area contributed by atoms with Crippen molar-refractivity contribution >= 4 is 11.8 Å². The van der Waals surface area contributed by atoms with Gasteiger partial charge in [-0.15, -0.1) is 0 Å². The van der Waals surface area contributed by atoms with E-state index in [2.05, 4.69) is 18.0 Å². The van der Waals surface area contributed by atoms with E-state index < -0.39 is 5.60 Å². The molecule has 1 atom stereocenters. The van der Waals surface area contributed by atoms with Crippen LogP contribution in [0.1, 0.15) is 39.7 Å². The average Bonchev–Trinajstić information content (AvgIpc) is 2.45. The standard InChI is InChI=1S/C17H24N2O3/c1-12-6-7-14(13-8-9-18-15(10-13)21-5)19(11-12)16(20)22-17(2,3)4/h7-10,12H,6,11H2,1-5H3/t12-/m0/s1. The van der Waals surface area contributed by atoms with E-state index in [-0.39, 0.29) is 6.09 Å². The van der Waals surface area contributed by atoms with Gasteiger partial charge in [-0.3, -0.25) is 4.90 Å². The van der Waals surface area contributed by atoms with E-state index >= 15 is 0 Å². The molecule has 0 saturated carbocycles. The second-order valence-corrected chi connectivity index (χ2v) is 6.61. The molecule has 0 bridgehead atoms. The first kappa shape index (κ1) is 16.3. The van der Waals surface area contributed by atoms with E-state index in [0.29, 0.717) is 18.3 Å². The van der Waals surface area contributed by atoms with Crippen LogP contribution in [0, 0.1) is 5.92 Å². The molecule has 0 saturated heterocycles. The molecule has 2 rings (SSSR count). The minimum atomic E-state index is -0.515. The Kier molecular flexibility index (Phi) is 4.74. The number of hydrogen-bond donors (Lipinski definition) is 0. The third-order valence-corrected chi connectivity index (χ3v) is 3.35. The highest BCUT2D eigenvalue weighted by molar-refractivity contribution is 5.83. The fourth-order valence-corrected chi connectivity index (χ4v) is 2.35. The number of hydrogen-bond acceptors (Lipinski definition) is 4. The van der Waals surface area contributed by atoms with Gasteiger partial charge in [0.25, 0.3) is 0 Å². The third kappa shape index (κ3) is 4.00. The van der Waals surface area contributed by atoms with Crippen LogP contribution in [-0.2, 0) is 4.74 Å². The zero-order chi connectivity index (χ0) is 16.3. The molecule has 22 heavy (non-hydrogen) atoms. The number of nitrogens with zero attached hydrogens (tertiary/aromatic N) is 2. The molecule has 1 aliphatic heterocycles. The first-order chi connectivity index (χ1) is 10.3. The summed E-state index contributed by atoms with van der Waals surface area (Å²) in [5, 5.41) is 0. The van der Waals surface area contributed by atoms with E-state index in [1.54, 1.807) is 18.2 Å². The molecule has 5 heteroatoms. The summed E-state index contributed by atoms with van der Waals surface area (Å²) in [5.74, 6) is 0.932. The molecule has 0 N–H and O–H groups in total. The van der Waals surface area contributed by atoms with Gasteiger partial charge in [0.1, 0.15) is 5.60 Å². The number of methoxy groups -OCH3 is 1. The Labute approximate surface area is 131 Å². The van der Waals surface area contributed by atoms with Crippen LogP contribution in [0.5, 0.6) is 5.88 Å². The van der Waals surface area contributed by atoms with Gasteiger partial charge < -0.3 is 9.47 Å². The number of ether oxygens (including phenoxy) is 2. The van der Waals surface area contributed by atoms with Crippen LogP contribution in [0.2, 0.25) is 0 Å². The topological polar surface area (TPSA) is 51.7 Å². The number of carbonyl (C=O) groups is 1. The van der Waals surface area contributed by atoms with Crippen molar-refractivity contribution in [1.82, 2.24) is 9.88 Å². The molecule has 2 heterocycles. The van der Waals surface area contributed by atoms with E-state index in [0.717, 1.165) is 17.7 Å². The van der Waals surface area contributed by atoms with Crippen LogP contribution in [0.15, 0.2) is 24.4 Å². The van der Waals surface area contributed by atoms with Crippen LogP contribution >= 0.6 is 0 Å². The van der Waals surface area contributed by atoms with Crippen molar-refractivity contribution in [2.24, 2.45) is 5.92 Å². The number of rotatable bonds is 2. The first-order valence-electron chi connectivity index (χ1n) is 7.51. The zero-order valence-electron chi connectivity index (χ0n) is 13.9. The molecule has 0 unspecified atom stereocenters. The lowest BCUT2D eigenvalue weighted by molar-refractivity contribution is 0.0327. The minimum absolute atomic E-state index is 0.318. The van der Waals surface area contributed by atoms with Crippen LogP contribution in [0.3, 0.4) is 0 Å². The summed E-state index contributed by atoms with van der Waals surface area (Å²) in [6, 6.07) is 3.71. The summed E-state index contributed by atoms with van der Waals surface area (Å²) in [5.41, 5.74) is 1.25. The average molecular weight is 304 g/mol. The Morgan fingerprint density at radius 2 is 2.14 bits per heavy atom. The predicted octanol–water partition coefficient (Wildman–Crippen LogP) is 3.71. The third-order valence-electron chi connectivity index (χ3n) is 3.35. The molecule has 0 aliphatic carbocycles. The van der Waals surface area contributed by atoms with Crippen molar-refractivity contribution in [3.63, 3.8) is 0 Å². The summed E-state index contributed by atoms with van der Waals surface area (Å²) in [6.07, 6.45) is 4.37. The van der Waals surface area contributed by atoms with Crippen molar-refractivity contribution < 1.29 is 14.3 Å². The molecular weight excluding hydrogens is 280 g/mol. The zero-order valence-corrected chi connectivity index (χ0v) is 13.9.